The van der Waals surface area contributed by atoms with Crippen molar-refractivity contribution in [2.45, 2.75) is 45.4 Å². The molecule has 0 saturated heterocycles. The Morgan fingerprint density at radius 1 is 1.39 bits per heavy atom. The van der Waals surface area contributed by atoms with Crippen LogP contribution in [0, 0.1) is 5.82 Å². The second-order valence-electron chi connectivity index (χ2n) is 4.44. The molecule has 0 aliphatic heterocycles. The van der Waals surface area contributed by atoms with Crippen molar-refractivity contribution in [3.8, 4) is 0 Å². The number of carbonyl (C=O) groups excluding carboxylic acids is 1. The van der Waals surface area contributed by atoms with Crippen LogP contribution in [0.15, 0.2) is 24.3 Å². The van der Waals surface area contributed by atoms with E-state index in [9.17, 15) is 9.18 Å². The first-order valence-corrected chi connectivity index (χ1v) is 6.58. The first-order valence-electron chi connectivity index (χ1n) is 6.58. The van der Waals surface area contributed by atoms with E-state index in [1.54, 1.807) is 6.07 Å². The molecule has 0 saturated carbocycles. The van der Waals surface area contributed by atoms with Crippen LogP contribution in [-0.2, 0) is 9.53 Å². The molecule has 0 aliphatic carbocycles. The van der Waals surface area contributed by atoms with E-state index in [-0.39, 0.29) is 17.7 Å². The summed E-state index contributed by atoms with van der Waals surface area (Å²) in [7, 11) is 0. The number of benzene rings is 1. The first kappa shape index (κ1) is 14.7. The highest BCUT2D eigenvalue weighted by atomic mass is 19.1. The quantitative estimate of drug-likeness (QED) is 0.540. The largest absolute Gasteiger partial charge is 0.466 e. The summed E-state index contributed by atoms with van der Waals surface area (Å²) in [6.07, 6.45) is 3.02. The molecule has 0 aromatic heterocycles. The van der Waals surface area contributed by atoms with Crippen LogP contribution in [0.2, 0.25) is 0 Å². The average molecular weight is 252 g/mol. The third-order valence-corrected chi connectivity index (χ3v) is 2.99. The molecule has 1 aromatic carbocycles. The molecule has 0 amide bonds. The van der Waals surface area contributed by atoms with E-state index >= 15 is 0 Å². The van der Waals surface area contributed by atoms with Crippen LogP contribution in [0.5, 0.6) is 0 Å². The van der Waals surface area contributed by atoms with Crippen LogP contribution in [0.25, 0.3) is 0 Å². The fraction of sp³-hybridized carbons (Fsp3) is 0.533. The molecule has 0 N–H and O–H groups in total. The van der Waals surface area contributed by atoms with Crippen molar-refractivity contribution in [1.82, 2.24) is 0 Å². The van der Waals surface area contributed by atoms with Gasteiger partial charge in [-0.25, -0.2) is 4.39 Å². The molecular formula is C15H21FO2. The molecule has 0 radical (unpaired) electrons. The molecule has 0 bridgehead atoms. The van der Waals surface area contributed by atoms with Gasteiger partial charge in [-0.05, 0) is 36.5 Å². The van der Waals surface area contributed by atoms with Gasteiger partial charge in [-0.2, -0.15) is 0 Å². The van der Waals surface area contributed by atoms with Crippen molar-refractivity contribution in [3.05, 3.63) is 35.6 Å². The van der Waals surface area contributed by atoms with E-state index in [1.807, 2.05) is 13.0 Å². The van der Waals surface area contributed by atoms with Crippen LogP contribution >= 0.6 is 0 Å². The number of carbonyl (C=O) groups is 1. The minimum Gasteiger partial charge on any atom is -0.466 e. The highest BCUT2D eigenvalue weighted by Crippen LogP contribution is 2.24. The molecule has 18 heavy (non-hydrogen) atoms. The lowest BCUT2D eigenvalue weighted by atomic mass is 9.93. The Morgan fingerprint density at radius 3 is 2.78 bits per heavy atom. The van der Waals surface area contributed by atoms with Gasteiger partial charge in [-0.15, -0.1) is 0 Å². The molecule has 0 spiro atoms. The van der Waals surface area contributed by atoms with Gasteiger partial charge in [0.15, 0.2) is 0 Å². The Labute approximate surface area is 108 Å². The minimum atomic E-state index is -0.259. The lowest BCUT2D eigenvalue weighted by Crippen LogP contribution is -2.11. The van der Waals surface area contributed by atoms with Gasteiger partial charge in [-0.3, -0.25) is 4.79 Å². The summed E-state index contributed by atoms with van der Waals surface area (Å²) in [4.78, 5) is 11.6. The molecule has 0 fully saturated rings. The van der Waals surface area contributed by atoms with Crippen molar-refractivity contribution in [2.24, 2.45) is 0 Å². The van der Waals surface area contributed by atoms with Crippen molar-refractivity contribution in [3.63, 3.8) is 0 Å². The molecule has 0 aliphatic rings. The zero-order valence-corrected chi connectivity index (χ0v) is 11.1. The van der Waals surface area contributed by atoms with E-state index in [1.165, 1.54) is 12.1 Å². The maximum Gasteiger partial charge on any atom is 0.306 e. The highest BCUT2D eigenvalue weighted by molar-refractivity contribution is 5.70. The van der Waals surface area contributed by atoms with E-state index < -0.39 is 0 Å². The molecule has 1 unspecified atom stereocenters. The first-order chi connectivity index (χ1) is 8.67. The molecular weight excluding hydrogens is 231 g/mol. The Kier molecular flexibility index (Phi) is 6.40. The van der Waals surface area contributed by atoms with Crippen molar-refractivity contribution in [1.29, 1.82) is 0 Å². The number of halogens is 1. The fourth-order valence-corrected chi connectivity index (χ4v) is 1.85. The van der Waals surface area contributed by atoms with Gasteiger partial charge in [0.2, 0.25) is 0 Å². The van der Waals surface area contributed by atoms with E-state index in [0.717, 1.165) is 24.8 Å². The number of hydrogen-bond donors (Lipinski definition) is 0. The monoisotopic (exact) mass is 252 g/mol. The number of ether oxygens (including phenoxy) is 1. The van der Waals surface area contributed by atoms with Crippen LogP contribution in [0.1, 0.15) is 51.0 Å². The fourth-order valence-electron chi connectivity index (χ4n) is 1.85. The van der Waals surface area contributed by atoms with Crippen LogP contribution in [0.4, 0.5) is 4.39 Å². The summed E-state index contributed by atoms with van der Waals surface area (Å²) in [5, 5.41) is 0. The normalized spacial score (nSPS) is 12.2. The van der Waals surface area contributed by atoms with E-state index in [4.69, 9.17) is 4.74 Å². The lowest BCUT2D eigenvalue weighted by Gasteiger charge is -2.14. The highest BCUT2D eigenvalue weighted by Gasteiger charge is 2.15. The van der Waals surface area contributed by atoms with Gasteiger partial charge in [0.25, 0.3) is 0 Å². The smallest absolute Gasteiger partial charge is 0.306 e. The van der Waals surface area contributed by atoms with Gasteiger partial charge in [0.1, 0.15) is 5.82 Å². The predicted octanol–water partition coefficient (Wildman–Crippen LogP) is 4.05. The van der Waals surface area contributed by atoms with Crippen molar-refractivity contribution < 1.29 is 13.9 Å². The minimum absolute atomic E-state index is 0.0369. The third kappa shape index (κ3) is 4.86. The summed E-state index contributed by atoms with van der Waals surface area (Å²) in [5.74, 6) is -0.417. The summed E-state index contributed by atoms with van der Waals surface area (Å²) >= 11 is 0. The van der Waals surface area contributed by atoms with Gasteiger partial charge >= 0.3 is 5.97 Å². The zero-order chi connectivity index (χ0) is 13.4. The summed E-state index contributed by atoms with van der Waals surface area (Å²) in [6.45, 7) is 4.53. The lowest BCUT2D eigenvalue weighted by molar-refractivity contribution is -0.144. The van der Waals surface area contributed by atoms with Gasteiger partial charge in [-0.1, -0.05) is 32.4 Å². The van der Waals surface area contributed by atoms with Gasteiger partial charge in [0.05, 0.1) is 13.0 Å². The van der Waals surface area contributed by atoms with Crippen molar-refractivity contribution in [2.75, 3.05) is 6.61 Å². The molecule has 3 heteroatoms. The standard InChI is InChI=1S/C15H21FO2/c1-3-5-9-18-15(17)11-12(4-2)13-7-6-8-14(16)10-13/h6-8,10,12H,3-5,9,11H2,1-2H3. The Balaban J connectivity index is 2.54. The topological polar surface area (TPSA) is 26.3 Å². The second-order valence-corrected chi connectivity index (χ2v) is 4.44. The predicted molar refractivity (Wildman–Crippen MR) is 69.9 cm³/mol. The van der Waals surface area contributed by atoms with Crippen LogP contribution in [-0.4, -0.2) is 12.6 Å². The molecule has 1 aromatic rings. The van der Waals surface area contributed by atoms with Crippen molar-refractivity contribution >= 4 is 5.97 Å². The number of hydrogen-bond acceptors (Lipinski definition) is 2. The molecule has 1 atom stereocenters. The summed E-state index contributed by atoms with van der Waals surface area (Å²) in [6, 6.07) is 6.44. The van der Waals surface area contributed by atoms with Crippen LogP contribution < -0.4 is 0 Å². The maximum absolute atomic E-state index is 13.1. The van der Waals surface area contributed by atoms with Gasteiger partial charge in [0, 0.05) is 0 Å². The van der Waals surface area contributed by atoms with Gasteiger partial charge < -0.3 is 4.74 Å². The Morgan fingerprint density at radius 2 is 2.17 bits per heavy atom. The average Bonchev–Trinajstić information content (AvgIpc) is 2.36. The number of esters is 1. The summed E-state index contributed by atoms with van der Waals surface area (Å²) in [5.41, 5.74) is 0.866. The SMILES string of the molecule is CCCCOC(=O)CC(CC)c1cccc(F)c1. The number of unbranched alkanes of at least 4 members (excludes halogenated alkanes) is 1. The molecule has 2 nitrogen and oxygen atoms in total. The van der Waals surface area contributed by atoms with E-state index in [0.29, 0.717) is 13.0 Å². The third-order valence-electron chi connectivity index (χ3n) is 2.99. The Hall–Kier alpha value is -1.38. The van der Waals surface area contributed by atoms with E-state index in [2.05, 4.69) is 6.92 Å². The summed E-state index contributed by atoms with van der Waals surface area (Å²) < 4.78 is 18.3. The maximum atomic E-state index is 13.1. The van der Waals surface area contributed by atoms with Crippen LogP contribution in [0.3, 0.4) is 0 Å². The molecule has 100 valence electrons. The zero-order valence-electron chi connectivity index (χ0n) is 11.1. The molecule has 1 rings (SSSR count). The molecule has 0 heterocycles. The number of rotatable bonds is 7. The second kappa shape index (κ2) is 7.85. The Bertz CT molecular complexity index is 377.